The Morgan fingerprint density at radius 1 is 0.263 bits per heavy atom. The second kappa shape index (κ2) is 67.6. The van der Waals surface area contributed by atoms with E-state index < -0.39 is 6.10 Å². The third-order valence-electron chi connectivity index (χ3n) is 14.5. The number of unbranched alkanes of at least 4 members (excludes halogenated alkanes) is 32. The maximum Gasteiger partial charge on any atom is 0.306 e. The van der Waals surface area contributed by atoms with Crippen LogP contribution in [0.1, 0.15) is 323 Å². The van der Waals surface area contributed by atoms with Crippen molar-refractivity contribution in [2.24, 2.45) is 0 Å². The topological polar surface area (TPSA) is 78.9 Å². The summed E-state index contributed by atoms with van der Waals surface area (Å²) < 4.78 is 16.9. The molecule has 0 radical (unpaired) electrons. The van der Waals surface area contributed by atoms with Crippen LogP contribution in [0.5, 0.6) is 0 Å². The SMILES string of the molecule is CC/C=C\C/C=C\C/C=C\C/C=C\C/C=C\CCCCCCCCCC(=O)OC(COC(=O)CCCCCCCCCC)COC(=O)CCCCCCCCCCCCCCCCCCCC/C=C\C/C=C\C/C=C\C/C=C\CC. The largest absolute Gasteiger partial charge is 0.462 e. The minimum absolute atomic E-state index is 0.0795. The smallest absolute Gasteiger partial charge is 0.306 e. The maximum atomic E-state index is 12.9. The summed E-state index contributed by atoms with van der Waals surface area (Å²) in [4.78, 5) is 38.2. The van der Waals surface area contributed by atoms with Crippen molar-refractivity contribution in [2.75, 3.05) is 13.2 Å². The number of carbonyl (C=O) groups is 3. The first-order valence-electron chi connectivity index (χ1n) is 33.9. The third-order valence-corrected chi connectivity index (χ3v) is 14.5. The molecule has 0 aromatic carbocycles. The molecule has 1 atom stereocenters. The molecule has 0 aliphatic carbocycles. The lowest BCUT2D eigenvalue weighted by molar-refractivity contribution is -0.167. The van der Waals surface area contributed by atoms with Crippen molar-refractivity contribution < 1.29 is 28.6 Å². The van der Waals surface area contributed by atoms with E-state index in [2.05, 4.69) is 130 Å². The van der Waals surface area contributed by atoms with Gasteiger partial charge in [0.15, 0.2) is 6.10 Å². The molecule has 0 bridgehead atoms. The zero-order valence-electron chi connectivity index (χ0n) is 52.6. The summed E-state index contributed by atoms with van der Waals surface area (Å²) in [6.45, 7) is 6.40. The van der Waals surface area contributed by atoms with Gasteiger partial charge in [-0.15, -0.1) is 0 Å². The summed E-state index contributed by atoms with van der Waals surface area (Å²) in [7, 11) is 0. The number of carbonyl (C=O) groups excluding carboxylic acids is 3. The van der Waals surface area contributed by atoms with Crippen molar-refractivity contribution in [3.63, 3.8) is 0 Å². The van der Waals surface area contributed by atoms with Gasteiger partial charge in [0.2, 0.25) is 0 Å². The van der Waals surface area contributed by atoms with Crippen molar-refractivity contribution in [3.8, 4) is 0 Å². The summed E-state index contributed by atoms with van der Waals surface area (Å²) in [5.41, 5.74) is 0. The number of rotatable bonds is 61. The molecule has 0 N–H and O–H groups in total. The van der Waals surface area contributed by atoms with E-state index in [-0.39, 0.29) is 31.1 Å². The van der Waals surface area contributed by atoms with Gasteiger partial charge < -0.3 is 14.2 Å². The molecule has 0 spiro atoms. The standard InChI is InChI=1S/C74H126O6/c1-4-7-10-13-16-19-21-23-25-27-29-31-33-34-35-36-37-38-39-40-42-43-45-47-49-51-53-55-58-61-64-67-73(76)79-70-71(69-78-72(75)66-63-60-57-18-15-12-9-6-3)80-74(77)68-65-62-59-56-54-52-50-48-46-44-41-32-30-28-26-24-22-20-17-14-11-8-5-2/h7-8,10-11,16-17,19-20,23-26,29-32,44,46,71H,4-6,9,12-15,18,21-22,27-28,33-43,45,47-70H2,1-3H3/b10-7-,11-8-,19-16-,20-17-,25-23-,26-24-,31-29-,32-30-,46-44-. The molecule has 0 aromatic rings. The first-order chi connectivity index (χ1) is 39.5. The number of esters is 3. The summed E-state index contributed by atoms with van der Waals surface area (Å²) in [6, 6.07) is 0. The van der Waals surface area contributed by atoms with E-state index in [9.17, 15) is 14.4 Å². The average molecular weight is 1110 g/mol. The van der Waals surface area contributed by atoms with Crippen molar-refractivity contribution in [1.82, 2.24) is 0 Å². The molecular weight excluding hydrogens is 985 g/mol. The molecule has 0 aliphatic heterocycles. The Hall–Kier alpha value is -3.93. The van der Waals surface area contributed by atoms with Crippen molar-refractivity contribution in [1.29, 1.82) is 0 Å². The van der Waals surface area contributed by atoms with E-state index in [4.69, 9.17) is 14.2 Å². The van der Waals surface area contributed by atoms with Crippen LogP contribution in [0.2, 0.25) is 0 Å². The summed E-state index contributed by atoms with van der Waals surface area (Å²) in [5.74, 6) is -0.883. The average Bonchev–Trinajstić information content (AvgIpc) is 3.46. The second-order valence-corrected chi connectivity index (χ2v) is 22.3. The van der Waals surface area contributed by atoms with Gasteiger partial charge in [-0.25, -0.2) is 0 Å². The Morgan fingerprint density at radius 3 is 0.762 bits per heavy atom. The Balaban J connectivity index is 4.12. The highest BCUT2D eigenvalue weighted by Gasteiger charge is 2.19. The first kappa shape index (κ1) is 76.1. The molecule has 0 fully saturated rings. The maximum absolute atomic E-state index is 12.9. The molecule has 6 nitrogen and oxygen atoms in total. The highest BCUT2D eigenvalue weighted by Crippen LogP contribution is 2.17. The number of hydrogen-bond acceptors (Lipinski definition) is 6. The van der Waals surface area contributed by atoms with Crippen LogP contribution in [0.15, 0.2) is 109 Å². The Kier molecular flexibility index (Phi) is 64.3. The van der Waals surface area contributed by atoms with E-state index in [0.29, 0.717) is 19.3 Å². The highest BCUT2D eigenvalue weighted by atomic mass is 16.6. The van der Waals surface area contributed by atoms with Crippen LogP contribution in [0, 0.1) is 0 Å². The van der Waals surface area contributed by atoms with Gasteiger partial charge in [-0.2, -0.15) is 0 Å². The first-order valence-corrected chi connectivity index (χ1v) is 33.9. The van der Waals surface area contributed by atoms with Gasteiger partial charge in [0.05, 0.1) is 0 Å². The summed E-state index contributed by atoms with van der Waals surface area (Å²) in [5, 5.41) is 0. The Bertz CT molecular complexity index is 1610. The lowest BCUT2D eigenvalue weighted by Gasteiger charge is -2.18. The molecule has 0 amide bonds. The molecule has 1 unspecified atom stereocenters. The molecule has 0 heterocycles. The Morgan fingerprint density at radius 2 is 0.487 bits per heavy atom. The zero-order valence-corrected chi connectivity index (χ0v) is 52.6. The fraction of sp³-hybridized carbons (Fsp3) is 0.716. The van der Waals surface area contributed by atoms with E-state index in [0.717, 1.165) is 122 Å². The van der Waals surface area contributed by atoms with Gasteiger partial charge in [-0.05, 0) is 103 Å². The second-order valence-electron chi connectivity index (χ2n) is 22.3. The van der Waals surface area contributed by atoms with Crippen LogP contribution < -0.4 is 0 Å². The van der Waals surface area contributed by atoms with Gasteiger partial charge >= 0.3 is 17.9 Å². The van der Waals surface area contributed by atoms with Crippen LogP contribution in [0.25, 0.3) is 0 Å². The van der Waals surface area contributed by atoms with Gasteiger partial charge in [-0.1, -0.05) is 310 Å². The highest BCUT2D eigenvalue weighted by molar-refractivity contribution is 5.71. The predicted octanol–water partition coefficient (Wildman–Crippen LogP) is 23.4. The van der Waals surface area contributed by atoms with E-state index in [1.54, 1.807) is 0 Å². The minimum atomic E-state index is -0.782. The molecule has 0 aromatic heterocycles. The predicted molar refractivity (Wildman–Crippen MR) is 348 cm³/mol. The monoisotopic (exact) mass is 1110 g/mol. The Labute approximate surface area is 495 Å². The molecular formula is C74H126O6. The van der Waals surface area contributed by atoms with Crippen molar-refractivity contribution >= 4 is 17.9 Å². The quantitative estimate of drug-likeness (QED) is 0.0261. The molecule has 6 heteroatoms. The van der Waals surface area contributed by atoms with Crippen molar-refractivity contribution in [3.05, 3.63) is 109 Å². The van der Waals surface area contributed by atoms with Crippen LogP contribution in [0.4, 0.5) is 0 Å². The van der Waals surface area contributed by atoms with E-state index in [1.165, 1.54) is 161 Å². The van der Waals surface area contributed by atoms with Crippen LogP contribution in [-0.2, 0) is 28.6 Å². The zero-order chi connectivity index (χ0) is 57.8. The fourth-order valence-corrected chi connectivity index (χ4v) is 9.52. The minimum Gasteiger partial charge on any atom is -0.462 e. The van der Waals surface area contributed by atoms with Gasteiger partial charge in [0, 0.05) is 19.3 Å². The summed E-state index contributed by atoms with van der Waals surface area (Å²) in [6.07, 6.45) is 92.7. The van der Waals surface area contributed by atoms with Gasteiger partial charge in [-0.3, -0.25) is 14.4 Å². The van der Waals surface area contributed by atoms with E-state index >= 15 is 0 Å². The molecule has 0 aliphatic rings. The third kappa shape index (κ3) is 64.9. The van der Waals surface area contributed by atoms with Crippen LogP contribution >= 0.6 is 0 Å². The lowest BCUT2D eigenvalue weighted by Crippen LogP contribution is -2.30. The molecule has 80 heavy (non-hydrogen) atoms. The molecule has 0 rings (SSSR count). The molecule has 458 valence electrons. The van der Waals surface area contributed by atoms with Crippen molar-refractivity contribution in [2.45, 2.75) is 329 Å². The number of ether oxygens (including phenoxy) is 3. The van der Waals surface area contributed by atoms with Gasteiger partial charge in [0.1, 0.15) is 13.2 Å². The van der Waals surface area contributed by atoms with E-state index in [1.807, 2.05) is 0 Å². The lowest BCUT2D eigenvalue weighted by atomic mass is 10.0. The number of allylic oxidation sites excluding steroid dienone is 18. The number of hydrogen-bond donors (Lipinski definition) is 0. The summed E-state index contributed by atoms with van der Waals surface area (Å²) >= 11 is 0. The molecule has 0 saturated carbocycles. The van der Waals surface area contributed by atoms with Crippen LogP contribution in [0.3, 0.4) is 0 Å². The van der Waals surface area contributed by atoms with Gasteiger partial charge in [0.25, 0.3) is 0 Å². The fourth-order valence-electron chi connectivity index (χ4n) is 9.52. The van der Waals surface area contributed by atoms with Crippen LogP contribution in [-0.4, -0.2) is 37.2 Å². The molecule has 0 saturated heterocycles. The normalized spacial score (nSPS) is 12.8.